The van der Waals surface area contributed by atoms with Gasteiger partial charge in [-0.15, -0.1) is 0 Å². The Morgan fingerprint density at radius 1 is 0.226 bits per heavy atom. The van der Waals surface area contributed by atoms with Crippen LogP contribution in [0.15, 0.2) is 340 Å². The van der Waals surface area contributed by atoms with Gasteiger partial charge in [-0.25, -0.2) is 0 Å². The molecule has 0 saturated heterocycles. The monoisotopic (exact) mass is 1190 g/mol. The van der Waals surface area contributed by atoms with Gasteiger partial charge in [0.15, 0.2) is 0 Å². The highest BCUT2D eigenvalue weighted by atomic mass is 16.5. The zero-order chi connectivity index (χ0) is 61.3. The molecule has 0 N–H and O–H groups in total. The van der Waals surface area contributed by atoms with E-state index < -0.39 is 0 Å². The van der Waals surface area contributed by atoms with Crippen LogP contribution in [0.25, 0.3) is 55.0 Å². The molecule has 14 aromatic carbocycles. The number of aromatic nitrogens is 2. The molecule has 0 bridgehead atoms. The van der Waals surface area contributed by atoms with Crippen LogP contribution in [0.4, 0.5) is 68.2 Å². The lowest BCUT2D eigenvalue weighted by Crippen LogP contribution is -2.19. The van der Waals surface area contributed by atoms with E-state index in [-0.39, 0.29) is 0 Å². The van der Waals surface area contributed by atoms with Gasteiger partial charge in [-0.05, 0) is 216 Å². The smallest absolute Gasteiger partial charge is 0.127 e. The lowest BCUT2D eigenvalue weighted by Gasteiger charge is -2.35. The van der Waals surface area contributed by atoms with Crippen LogP contribution < -0.4 is 24.3 Å². The number of para-hydroxylation sites is 8. The van der Waals surface area contributed by atoms with E-state index in [4.69, 9.17) is 4.74 Å². The van der Waals surface area contributed by atoms with E-state index in [1.807, 2.05) is 0 Å². The topological polar surface area (TPSA) is 32.1 Å². The molecule has 0 saturated carbocycles. The summed E-state index contributed by atoms with van der Waals surface area (Å²) in [7, 11) is 0. The zero-order valence-electron chi connectivity index (χ0n) is 50.8. The Morgan fingerprint density at radius 2 is 0.538 bits per heavy atom. The minimum Gasteiger partial charge on any atom is -0.457 e. The summed E-state index contributed by atoms with van der Waals surface area (Å²) in [6, 6.07) is 123. The third-order valence-corrected chi connectivity index (χ3v) is 18.7. The van der Waals surface area contributed by atoms with Gasteiger partial charge >= 0.3 is 0 Å². The van der Waals surface area contributed by atoms with Crippen LogP contribution in [0, 0.1) is 0 Å². The Kier molecular flexibility index (Phi) is 12.9. The molecular formula is C86H60N6O. The fourth-order valence-corrected chi connectivity index (χ4v) is 14.5. The summed E-state index contributed by atoms with van der Waals surface area (Å²) < 4.78 is 11.6. The third-order valence-electron chi connectivity index (χ3n) is 18.7. The molecule has 2 aromatic heterocycles. The minimum absolute atomic E-state index is 0.739. The fraction of sp³-hybridized carbons (Fsp3) is 0.0233. The van der Waals surface area contributed by atoms with E-state index in [1.54, 1.807) is 0 Å². The molecule has 93 heavy (non-hydrogen) atoms. The van der Waals surface area contributed by atoms with E-state index >= 15 is 0 Å². The Labute approximate surface area is 539 Å². The van der Waals surface area contributed by atoms with Crippen molar-refractivity contribution in [3.05, 3.63) is 362 Å². The first-order valence-corrected chi connectivity index (χ1v) is 31.9. The predicted molar refractivity (Wildman–Crippen MR) is 386 cm³/mol. The van der Waals surface area contributed by atoms with Gasteiger partial charge < -0.3 is 33.5 Å². The largest absolute Gasteiger partial charge is 0.457 e. The van der Waals surface area contributed by atoms with Crippen molar-refractivity contribution in [2.24, 2.45) is 0 Å². The Morgan fingerprint density at radius 3 is 0.957 bits per heavy atom. The molecule has 440 valence electrons. The molecule has 2 aliphatic heterocycles. The molecule has 0 fully saturated rings. The quantitative estimate of drug-likeness (QED) is 0.122. The highest BCUT2D eigenvalue weighted by molar-refractivity contribution is 6.12. The van der Waals surface area contributed by atoms with Crippen LogP contribution >= 0.6 is 0 Å². The second-order valence-corrected chi connectivity index (χ2v) is 24.1. The van der Waals surface area contributed by atoms with E-state index in [0.29, 0.717) is 0 Å². The molecule has 2 aliphatic rings. The highest BCUT2D eigenvalue weighted by Crippen LogP contribution is 2.50. The molecule has 4 heterocycles. The summed E-state index contributed by atoms with van der Waals surface area (Å²) in [6.07, 6.45) is 1.63. The van der Waals surface area contributed by atoms with Crippen molar-refractivity contribution in [1.29, 1.82) is 0 Å². The normalized spacial score (nSPS) is 12.4. The van der Waals surface area contributed by atoms with Gasteiger partial charge in [-0.1, -0.05) is 146 Å². The van der Waals surface area contributed by atoms with Gasteiger partial charge in [0.2, 0.25) is 0 Å². The van der Waals surface area contributed by atoms with Gasteiger partial charge in [-0.2, -0.15) is 0 Å². The Balaban J connectivity index is 0.720. The summed E-state index contributed by atoms with van der Waals surface area (Å²) >= 11 is 0. The second kappa shape index (κ2) is 22.3. The summed E-state index contributed by atoms with van der Waals surface area (Å²) in [5.74, 6) is 1.48. The van der Waals surface area contributed by atoms with Crippen LogP contribution in [0.1, 0.15) is 22.3 Å². The molecule has 0 unspecified atom stereocenters. The summed E-state index contributed by atoms with van der Waals surface area (Å²) in [5, 5.41) is 4.77. The van der Waals surface area contributed by atoms with Gasteiger partial charge in [-0.3, -0.25) is 0 Å². The van der Waals surface area contributed by atoms with Crippen molar-refractivity contribution in [2.45, 2.75) is 12.8 Å². The first-order valence-electron chi connectivity index (χ1n) is 31.9. The van der Waals surface area contributed by atoms with Crippen LogP contribution in [0.2, 0.25) is 0 Å². The van der Waals surface area contributed by atoms with Crippen molar-refractivity contribution < 1.29 is 4.74 Å². The Bertz CT molecular complexity index is 5150. The lowest BCUT2D eigenvalue weighted by atomic mass is 9.94. The van der Waals surface area contributed by atoms with Gasteiger partial charge in [0.1, 0.15) is 11.5 Å². The maximum absolute atomic E-state index is 6.84. The average molecular weight is 1190 g/mol. The second-order valence-electron chi connectivity index (χ2n) is 24.1. The summed E-state index contributed by atoms with van der Waals surface area (Å²) in [4.78, 5) is 9.59. The molecule has 0 radical (unpaired) electrons. The molecule has 7 nitrogen and oxygen atoms in total. The number of rotatable bonds is 12. The van der Waals surface area contributed by atoms with Crippen molar-refractivity contribution in [3.63, 3.8) is 0 Å². The first-order chi connectivity index (χ1) is 46.1. The third kappa shape index (κ3) is 9.28. The molecule has 0 amide bonds. The van der Waals surface area contributed by atoms with E-state index in [2.05, 4.69) is 368 Å². The fourth-order valence-electron chi connectivity index (χ4n) is 14.5. The maximum atomic E-state index is 6.84. The average Bonchev–Trinajstić information content (AvgIpc) is 1.69. The summed E-state index contributed by atoms with van der Waals surface area (Å²) in [5.41, 5.74) is 25.3. The van der Waals surface area contributed by atoms with Crippen LogP contribution in [0.5, 0.6) is 11.5 Å². The number of anilines is 12. The molecule has 7 heteroatoms. The van der Waals surface area contributed by atoms with Crippen LogP contribution in [0.3, 0.4) is 0 Å². The van der Waals surface area contributed by atoms with Gasteiger partial charge in [0.25, 0.3) is 0 Å². The van der Waals surface area contributed by atoms with Crippen molar-refractivity contribution in [2.75, 3.05) is 19.6 Å². The summed E-state index contributed by atoms with van der Waals surface area (Å²) in [6.45, 7) is 0. The number of hydrogen-bond acceptors (Lipinski definition) is 5. The standard InChI is InChI=1S/C86H60N6O/c1-5-23-63(24-6-1)89-79-33-17-13-21-59(79)53-61-55-69(41-49-81(61)89)87(71-43-51-85-77(57-71)75-31-15-19-35-83(75)91(85)65-27-9-3-10-28-65)67-37-45-73(46-38-67)93-74-47-39-68(40-48-74)88(72-44-52-86-78(58-72)76-32-16-20-36-84(76)92(86)66-29-11-4-12-30-66)70-42-50-82-62(56-70)54-60-22-14-18-34-80(60)90(82)64-25-7-2-8-26-64/h1-52,55-58H,53-54H2. The van der Waals surface area contributed by atoms with Gasteiger partial charge in [0.05, 0.1) is 22.1 Å². The Hall–Kier alpha value is -12.3. The molecule has 18 rings (SSSR count). The molecule has 0 spiro atoms. The minimum atomic E-state index is 0.739. The van der Waals surface area contributed by atoms with Crippen molar-refractivity contribution in [1.82, 2.24) is 9.13 Å². The molecular weight excluding hydrogens is 1130 g/mol. The van der Waals surface area contributed by atoms with Crippen molar-refractivity contribution in [3.8, 4) is 22.9 Å². The van der Waals surface area contributed by atoms with E-state index in [0.717, 1.165) is 92.2 Å². The van der Waals surface area contributed by atoms with E-state index in [9.17, 15) is 0 Å². The zero-order valence-corrected chi connectivity index (χ0v) is 50.8. The number of fused-ring (bicyclic) bond motifs is 10. The maximum Gasteiger partial charge on any atom is 0.127 e. The highest BCUT2D eigenvalue weighted by Gasteiger charge is 2.29. The number of ether oxygens (including phenoxy) is 1. The number of hydrogen-bond donors (Lipinski definition) is 0. The molecule has 16 aromatic rings. The number of nitrogens with zero attached hydrogens (tertiary/aromatic N) is 6. The SMILES string of the molecule is c1ccc(N2c3ccccc3Cc3cc(N(c4ccc(Oc5ccc(N(c6ccc7c(c6)Cc6ccccc6N7c6ccccc6)c6ccc7c(c6)c6ccccc6n7-c6ccccc6)cc5)cc4)c4ccc5c(c4)c4ccccc4n5-c4ccccc4)ccc32)cc1. The first kappa shape index (κ1) is 53.7. The lowest BCUT2D eigenvalue weighted by molar-refractivity contribution is 0.483. The van der Waals surface area contributed by atoms with Crippen molar-refractivity contribution >= 4 is 112 Å². The van der Waals surface area contributed by atoms with E-state index in [1.165, 1.54) is 77.6 Å². The molecule has 0 atom stereocenters. The predicted octanol–water partition coefficient (Wildman–Crippen LogP) is 23.4. The number of benzene rings is 14. The molecule has 0 aliphatic carbocycles. The van der Waals surface area contributed by atoms with Crippen LogP contribution in [-0.2, 0) is 12.8 Å². The van der Waals surface area contributed by atoms with Gasteiger partial charge in [0, 0.05) is 114 Å². The van der Waals surface area contributed by atoms with Crippen LogP contribution in [-0.4, -0.2) is 9.13 Å².